The number of benzene rings is 1. The number of aromatic nitrogens is 2. The predicted octanol–water partition coefficient (Wildman–Crippen LogP) is 2.82. The molecule has 116 valence electrons. The molecule has 1 aromatic heterocycles. The Kier molecular flexibility index (Phi) is 2.88. The van der Waals surface area contributed by atoms with Gasteiger partial charge in [-0.1, -0.05) is 12.1 Å². The lowest BCUT2D eigenvalue weighted by Crippen LogP contribution is -2.42. The Morgan fingerprint density at radius 3 is 2.55 bits per heavy atom. The number of hydrogen-bond donors (Lipinski definition) is 0. The highest BCUT2D eigenvalue weighted by Gasteiger charge is 2.55. The molecule has 0 N–H and O–H groups in total. The van der Waals surface area contributed by atoms with Crippen molar-refractivity contribution >= 4 is 18.0 Å². The van der Waals surface area contributed by atoms with Crippen LogP contribution in [0, 0.1) is 0 Å². The van der Waals surface area contributed by atoms with E-state index in [-0.39, 0.29) is 24.3 Å². The monoisotopic (exact) mass is 300 g/mol. The minimum Gasteiger partial charge on any atom is -0.476 e. The lowest BCUT2D eigenvalue weighted by molar-refractivity contribution is 0.00578. The maximum atomic E-state index is 6.21. The summed E-state index contributed by atoms with van der Waals surface area (Å²) in [5, 5.41) is 5.63. The molecule has 2 aliphatic rings. The van der Waals surface area contributed by atoms with Gasteiger partial charge in [-0.3, -0.25) is 0 Å². The van der Waals surface area contributed by atoms with Crippen LogP contribution >= 0.6 is 0 Å². The number of fused-ring (bicyclic) bond motifs is 3. The quantitative estimate of drug-likeness (QED) is 0.760. The van der Waals surface area contributed by atoms with Crippen LogP contribution in [0.3, 0.4) is 0 Å². The first-order chi connectivity index (χ1) is 10.4. The Balaban J connectivity index is 1.63. The molecule has 6 heteroatoms. The summed E-state index contributed by atoms with van der Waals surface area (Å²) >= 11 is 0. The molecule has 1 saturated heterocycles. The minimum absolute atomic E-state index is 0.103. The van der Waals surface area contributed by atoms with Crippen LogP contribution in [0.4, 0.5) is 0 Å². The Labute approximate surface area is 130 Å². The SMILES string of the molecule is CC1(C)OB(C2CCn3nc4ccccc4c3O2)OC1(C)C. The molecule has 1 atom stereocenters. The molecular weight excluding hydrogens is 279 g/mol. The largest absolute Gasteiger partial charge is 0.501 e. The molecule has 2 aliphatic heterocycles. The lowest BCUT2D eigenvalue weighted by Gasteiger charge is -2.32. The van der Waals surface area contributed by atoms with Crippen molar-refractivity contribution in [3.63, 3.8) is 0 Å². The molecule has 0 aliphatic carbocycles. The highest BCUT2D eigenvalue weighted by atomic mass is 16.7. The van der Waals surface area contributed by atoms with E-state index in [1.807, 2.05) is 28.9 Å². The van der Waals surface area contributed by atoms with Crippen molar-refractivity contribution in [3.05, 3.63) is 24.3 Å². The molecular formula is C16H21BN2O3. The van der Waals surface area contributed by atoms with Crippen LogP contribution in [-0.4, -0.2) is 34.1 Å². The van der Waals surface area contributed by atoms with Crippen molar-refractivity contribution in [2.45, 2.75) is 57.9 Å². The normalized spacial score (nSPS) is 26.0. The van der Waals surface area contributed by atoms with Crippen LogP contribution in [0.25, 0.3) is 10.9 Å². The van der Waals surface area contributed by atoms with Gasteiger partial charge in [-0.15, -0.1) is 0 Å². The first-order valence-corrected chi connectivity index (χ1v) is 7.85. The van der Waals surface area contributed by atoms with Crippen molar-refractivity contribution in [2.24, 2.45) is 0 Å². The summed E-state index contributed by atoms with van der Waals surface area (Å²) in [5.41, 5.74) is 0.300. The third-order valence-electron chi connectivity index (χ3n) is 5.06. The Hall–Kier alpha value is -1.53. The van der Waals surface area contributed by atoms with Gasteiger partial charge in [0.15, 0.2) is 0 Å². The lowest BCUT2D eigenvalue weighted by atomic mass is 9.78. The fourth-order valence-electron chi connectivity index (χ4n) is 3.02. The Morgan fingerprint density at radius 1 is 1.14 bits per heavy atom. The summed E-state index contributed by atoms with van der Waals surface area (Å²) in [6, 6.07) is 7.95. The van der Waals surface area contributed by atoms with Crippen molar-refractivity contribution in [3.8, 4) is 5.88 Å². The van der Waals surface area contributed by atoms with Crippen LogP contribution in [-0.2, 0) is 15.9 Å². The molecule has 0 saturated carbocycles. The van der Waals surface area contributed by atoms with Gasteiger partial charge in [-0.2, -0.15) is 5.10 Å². The number of nitrogens with zero attached hydrogens (tertiary/aromatic N) is 2. The summed E-state index contributed by atoms with van der Waals surface area (Å²) in [6.45, 7) is 9.08. The second kappa shape index (κ2) is 4.49. The highest BCUT2D eigenvalue weighted by molar-refractivity contribution is 6.47. The molecule has 2 aromatic rings. The first-order valence-electron chi connectivity index (χ1n) is 7.85. The first kappa shape index (κ1) is 14.1. The maximum Gasteiger partial charge on any atom is 0.501 e. The summed E-state index contributed by atoms with van der Waals surface area (Å²) < 4.78 is 20.4. The number of aryl methyl sites for hydroxylation is 1. The molecule has 5 nitrogen and oxygen atoms in total. The van der Waals surface area contributed by atoms with Gasteiger partial charge in [0.1, 0.15) is 6.00 Å². The number of ether oxygens (including phenoxy) is 1. The van der Waals surface area contributed by atoms with Crippen molar-refractivity contribution in [2.75, 3.05) is 0 Å². The van der Waals surface area contributed by atoms with E-state index in [2.05, 4.69) is 32.8 Å². The van der Waals surface area contributed by atoms with Gasteiger partial charge >= 0.3 is 7.12 Å². The van der Waals surface area contributed by atoms with E-state index in [0.29, 0.717) is 0 Å². The third kappa shape index (κ3) is 1.97. The van der Waals surface area contributed by atoms with E-state index in [0.717, 1.165) is 29.7 Å². The third-order valence-corrected chi connectivity index (χ3v) is 5.06. The van der Waals surface area contributed by atoms with Gasteiger partial charge in [0.25, 0.3) is 0 Å². The van der Waals surface area contributed by atoms with Crippen LogP contribution in [0.15, 0.2) is 24.3 Å². The second-order valence-electron chi connectivity index (χ2n) is 7.12. The summed E-state index contributed by atoms with van der Waals surface area (Å²) in [7, 11) is -0.340. The van der Waals surface area contributed by atoms with Gasteiger partial charge in [0.2, 0.25) is 5.88 Å². The fourth-order valence-corrected chi connectivity index (χ4v) is 3.02. The smallest absolute Gasteiger partial charge is 0.476 e. The average Bonchev–Trinajstić information content (AvgIpc) is 2.93. The molecule has 0 bridgehead atoms. The minimum atomic E-state index is -0.340. The van der Waals surface area contributed by atoms with Gasteiger partial charge in [-0.05, 0) is 39.8 Å². The molecule has 3 heterocycles. The molecule has 22 heavy (non-hydrogen) atoms. The maximum absolute atomic E-state index is 6.21. The van der Waals surface area contributed by atoms with Gasteiger partial charge < -0.3 is 14.0 Å². The summed E-state index contributed by atoms with van der Waals surface area (Å²) in [6.07, 6.45) is 0.831. The van der Waals surface area contributed by atoms with Crippen molar-refractivity contribution in [1.82, 2.24) is 9.78 Å². The summed E-state index contributed by atoms with van der Waals surface area (Å²) in [5.74, 6) is 0.821. The molecule has 1 aromatic carbocycles. The van der Waals surface area contributed by atoms with Crippen molar-refractivity contribution < 1.29 is 14.0 Å². The van der Waals surface area contributed by atoms with Crippen LogP contribution in [0.2, 0.25) is 0 Å². The Morgan fingerprint density at radius 2 is 1.82 bits per heavy atom. The van der Waals surface area contributed by atoms with Gasteiger partial charge in [0.05, 0.1) is 22.1 Å². The van der Waals surface area contributed by atoms with E-state index < -0.39 is 0 Å². The van der Waals surface area contributed by atoms with Gasteiger partial charge in [-0.25, -0.2) is 4.68 Å². The zero-order chi connectivity index (χ0) is 15.5. The molecule has 4 rings (SSSR count). The molecule has 1 unspecified atom stereocenters. The van der Waals surface area contributed by atoms with Crippen molar-refractivity contribution in [1.29, 1.82) is 0 Å². The standard InChI is InChI=1S/C16H21BN2O3/c1-15(2)16(3,4)22-17(21-15)13-9-10-19-14(20-13)11-7-5-6-8-12(11)18-19/h5-8,13H,9-10H2,1-4H3. The van der Waals surface area contributed by atoms with E-state index in [4.69, 9.17) is 14.0 Å². The highest BCUT2D eigenvalue weighted by Crippen LogP contribution is 2.40. The zero-order valence-electron chi connectivity index (χ0n) is 13.5. The number of rotatable bonds is 1. The fraction of sp³-hybridized carbons (Fsp3) is 0.562. The van der Waals surface area contributed by atoms with E-state index >= 15 is 0 Å². The Bertz CT molecular complexity index is 709. The predicted molar refractivity (Wildman–Crippen MR) is 84.8 cm³/mol. The van der Waals surface area contributed by atoms with Crippen LogP contribution in [0.1, 0.15) is 34.1 Å². The molecule has 0 radical (unpaired) electrons. The van der Waals surface area contributed by atoms with Crippen LogP contribution < -0.4 is 4.74 Å². The average molecular weight is 300 g/mol. The zero-order valence-corrected chi connectivity index (χ0v) is 13.5. The molecule has 1 fully saturated rings. The number of hydrogen-bond acceptors (Lipinski definition) is 4. The molecule has 0 amide bonds. The topological polar surface area (TPSA) is 45.5 Å². The summed E-state index contributed by atoms with van der Waals surface area (Å²) in [4.78, 5) is 0. The van der Waals surface area contributed by atoms with E-state index in [1.54, 1.807) is 0 Å². The van der Waals surface area contributed by atoms with Crippen LogP contribution in [0.5, 0.6) is 5.88 Å². The van der Waals surface area contributed by atoms with E-state index in [1.165, 1.54) is 0 Å². The molecule has 0 spiro atoms. The second-order valence-corrected chi connectivity index (χ2v) is 7.12. The van der Waals surface area contributed by atoms with E-state index in [9.17, 15) is 0 Å². The van der Waals surface area contributed by atoms with Gasteiger partial charge in [0, 0.05) is 13.0 Å².